The number of anilines is 1. The van der Waals surface area contributed by atoms with Crippen LogP contribution >= 0.6 is 15.9 Å². The summed E-state index contributed by atoms with van der Waals surface area (Å²) in [6, 6.07) is 10.00. The number of alkyl halides is 3. The summed E-state index contributed by atoms with van der Waals surface area (Å²) in [6.45, 7) is 9.99. The number of aryl methyl sites for hydroxylation is 1. The van der Waals surface area contributed by atoms with Gasteiger partial charge in [-0.15, -0.1) is 16.8 Å². The van der Waals surface area contributed by atoms with Crippen LogP contribution in [0.25, 0.3) is 11.6 Å². The predicted octanol–water partition coefficient (Wildman–Crippen LogP) is 7.49. The highest BCUT2D eigenvalue weighted by atomic mass is 79.9. The van der Waals surface area contributed by atoms with Crippen LogP contribution in [0.5, 0.6) is 0 Å². The van der Waals surface area contributed by atoms with Crippen LogP contribution in [0.4, 0.5) is 23.7 Å². The number of halogens is 4. The Labute approximate surface area is 226 Å². The monoisotopic (exact) mass is 596 g/mol. The normalized spacial score (nSPS) is 13.6. The Morgan fingerprint density at radius 2 is 1.87 bits per heavy atom. The summed E-state index contributed by atoms with van der Waals surface area (Å²) in [5, 5.41) is 10.1. The summed E-state index contributed by atoms with van der Waals surface area (Å²) in [4.78, 5) is 16.7. The molecule has 204 valence electrons. The van der Waals surface area contributed by atoms with Crippen molar-refractivity contribution in [3.63, 3.8) is 0 Å². The number of rotatable bonds is 9. The molecule has 0 fully saturated rings. The maximum atomic E-state index is 14.6. The summed E-state index contributed by atoms with van der Waals surface area (Å²) in [5.41, 5.74) is -2.45. The number of amides is 1. The van der Waals surface area contributed by atoms with E-state index in [0.29, 0.717) is 15.7 Å². The predicted molar refractivity (Wildman–Crippen MR) is 138 cm³/mol. The molecule has 1 atom stereocenters. The molecule has 0 aliphatic rings. The second-order valence-corrected chi connectivity index (χ2v) is 10.2. The fourth-order valence-corrected chi connectivity index (χ4v) is 3.71. The van der Waals surface area contributed by atoms with E-state index in [1.54, 1.807) is 64.1 Å². The molecular formula is C26H28BrF3N4O4. The van der Waals surface area contributed by atoms with Crippen LogP contribution in [0.15, 0.2) is 58.1 Å². The second-order valence-electron chi connectivity index (χ2n) is 9.46. The molecular weight excluding hydrogens is 569 g/mol. The zero-order chi connectivity index (χ0) is 28.1. The molecule has 0 unspecified atom stereocenters. The summed E-state index contributed by atoms with van der Waals surface area (Å²) in [5.74, 6) is -1.14. The lowest BCUT2D eigenvalue weighted by Gasteiger charge is -2.32. The Morgan fingerprint density at radius 3 is 2.47 bits per heavy atom. The lowest BCUT2D eigenvalue weighted by molar-refractivity contribution is -0.299. The van der Waals surface area contributed by atoms with E-state index < -0.39 is 35.8 Å². The highest BCUT2D eigenvalue weighted by Crippen LogP contribution is 2.46. The van der Waals surface area contributed by atoms with Crippen LogP contribution in [0.3, 0.4) is 0 Å². The van der Waals surface area contributed by atoms with Crippen molar-refractivity contribution in [3.05, 3.63) is 70.7 Å². The fraction of sp³-hybridized carbons (Fsp3) is 0.385. The lowest BCUT2D eigenvalue weighted by atomic mass is 9.96. The fourth-order valence-electron chi connectivity index (χ4n) is 3.42. The third-order valence-corrected chi connectivity index (χ3v) is 6.05. The Kier molecular flexibility index (Phi) is 8.98. The Morgan fingerprint density at radius 1 is 1.18 bits per heavy atom. The first-order valence-electron chi connectivity index (χ1n) is 11.6. The molecule has 3 aromatic rings. The van der Waals surface area contributed by atoms with Crippen molar-refractivity contribution in [2.24, 2.45) is 0 Å². The van der Waals surface area contributed by atoms with Crippen LogP contribution < -0.4 is 5.32 Å². The van der Waals surface area contributed by atoms with Crippen LogP contribution in [0.1, 0.15) is 50.6 Å². The topological polar surface area (TPSA) is 99.4 Å². The van der Waals surface area contributed by atoms with Crippen molar-refractivity contribution in [1.29, 1.82) is 0 Å². The summed E-state index contributed by atoms with van der Waals surface area (Å²) < 4.78 is 60.7. The molecule has 0 bridgehead atoms. The largest absolute Gasteiger partial charge is 0.444 e. The molecule has 0 aliphatic carbocycles. The van der Waals surface area contributed by atoms with E-state index in [9.17, 15) is 18.0 Å². The third kappa shape index (κ3) is 6.98. The van der Waals surface area contributed by atoms with Crippen LogP contribution in [-0.2, 0) is 21.7 Å². The van der Waals surface area contributed by atoms with Crippen LogP contribution in [0, 0.1) is 6.92 Å². The van der Waals surface area contributed by atoms with Gasteiger partial charge in [0.15, 0.2) is 5.69 Å². The van der Waals surface area contributed by atoms with Crippen molar-refractivity contribution in [1.82, 2.24) is 15.2 Å². The molecule has 2 heterocycles. The number of hydrogen-bond acceptors (Lipinski definition) is 7. The minimum Gasteiger partial charge on any atom is -0.444 e. The highest BCUT2D eigenvalue weighted by Gasteiger charge is 2.61. The van der Waals surface area contributed by atoms with Crippen molar-refractivity contribution in [2.75, 3.05) is 5.32 Å². The van der Waals surface area contributed by atoms with Crippen molar-refractivity contribution in [2.45, 2.75) is 64.5 Å². The van der Waals surface area contributed by atoms with Gasteiger partial charge in [-0.2, -0.15) is 13.2 Å². The number of nitrogens with one attached hydrogen (secondary N) is 1. The first kappa shape index (κ1) is 29.3. The Bertz CT molecular complexity index is 1280. The smallest absolute Gasteiger partial charge is 0.426 e. The van der Waals surface area contributed by atoms with Crippen molar-refractivity contribution < 1.29 is 31.9 Å². The molecule has 1 N–H and O–H groups in total. The van der Waals surface area contributed by atoms with Gasteiger partial charge in [-0.1, -0.05) is 36.4 Å². The molecule has 38 heavy (non-hydrogen) atoms. The van der Waals surface area contributed by atoms with Gasteiger partial charge in [0.1, 0.15) is 10.2 Å². The average molecular weight is 597 g/mol. The molecule has 0 saturated heterocycles. The molecule has 12 heteroatoms. The van der Waals surface area contributed by atoms with E-state index in [-0.39, 0.29) is 30.3 Å². The number of hydrogen-bond donors (Lipinski definition) is 1. The standard InChI is InChI=1S/C26H28BrF3N4O4/c1-6-7-13-25(26(28,29)30,36-15-17-11-9-8-10-12-17)22-34-33-21(37-22)19-18(14-16(2)20(27)32-19)31-23(35)38-24(3,4)5/h6,8-12,14H,1,7,13,15H2,2-5H3,(H,31,35)/t25-/m1/s1. The Hall–Kier alpha value is -3.25. The zero-order valence-electron chi connectivity index (χ0n) is 21.4. The molecule has 0 radical (unpaired) electrons. The summed E-state index contributed by atoms with van der Waals surface area (Å²) in [6.07, 6.45) is -4.92. The van der Waals surface area contributed by atoms with E-state index in [0.717, 1.165) is 0 Å². The van der Waals surface area contributed by atoms with Crippen molar-refractivity contribution >= 4 is 27.7 Å². The maximum Gasteiger partial charge on any atom is 0.426 e. The number of aromatic nitrogens is 3. The number of pyridine rings is 1. The number of ether oxygens (including phenoxy) is 2. The van der Waals surface area contributed by atoms with E-state index in [1.807, 2.05) is 0 Å². The molecule has 0 spiro atoms. The SMILES string of the molecule is C=CCC[C@@](OCc1ccccc1)(c1nnc(-c2nc(Br)c(C)cc2NC(=O)OC(C)(C)C)o1)C(F)(F)F. The second kappa shape index (κ2) is 11.6. The van der Waals surface area contributed by atoms with Gasteiger partial charge in [0.2, 0.25) is 5.60 Å². The summed E-state index contributed by atoms with van der Waals surface area (Å²) in [7, 11) is 0. The maximum absolute atomic E-state index is 14.6. The minimum atomic E-state index is -4.91. The van der Waals surface area contributed by atoms with Gasteiger partial charge in [-0.05, 0) is 73.7 Å². The number of carbonyl (C=O) groups is 1. The van der Waals surface area contributed by atoms with E-state index >= 15 is 0 Å². The van der Waals surface area contributed by atoms with Gasteiger partial charge in [0, 0.05) is 0 Å². The van der Waals surface area contributed by atoms with Crippen LogP contribution in [-0.4, -0.2) is 33.1 Å². The number of nitrogens with zero attached hydrogens (tertiary/aromatic N) is 3. The third-order valence-electron chi connectivity index (χ3n) is 5.25. The zero-order valence-corrected chi connectivity index (χ0v) is 22.9. The number of carbonyl (C=O) groups excluding carboxylic acids is 1. The van der Waals surface area contributed by atoms with Crippen molar-refractivity contribution in [3.8, 4) is 11.6 Å². The van der Waals surface area contributed by atoms with E-state index in [2.05, 4.69) is 43.0 Å². The van der Waals surface area contributed by atoms with Crippen LogP contribution in [0.2, 0.25) is 0 Å². The van der Waals surface area contributed by atoms with Gasteiger partial charge >= 0.3 is 12.3 Å². The molecule has 2 aromatic heterocycles. The van der Waals surface area contributed by atoms with Gasteiger partial charge < -0.3 is 13.9 Å². The van der Waals surface area contributed by atoms with Gasteiger partial charge in [-0.3, -0.25) is 5.32 Å². The number of benzene rings is 1. The molecule has 1 amide bonds. The molecule has 0 saturated carbocycles. The first-order chi connectivity index (χ1) is 17.8. The first-order valence-corrected chi connectivity index (χ1v) is 12.4. The molecule has 8 nitrogen and oxygen atoms in total. The lowest BCUT2D eigenvalue weighted by Crippen LogP contribution is -2.45. The average Bonchev–Trinajstić information content (AvgIpc) is 3.30. The summed E-state index contributed by atoms with van der Waals surface area (Å²) >= 11 is 3.29. The minimum absolute atomic E-state index is 0.0359. The van der Waals surface area contributed by atoms with E-state index in [4.69, 9.17) is 13.9 Å². The molecule has 0 aliphatic heterocycles. The Balaban J connectivity index is 2.06. The quantitative estimate of drug-likeness (QED) is 0.202. The van der Waals surface area contributed by atoms with Gasteiger partial charge in [0.25, 0.3) is 11.8 Å². The molecule has 3 rings (SSSR count). The number of allylic oxidation sites excluding steroid dienone is 1. The molecule has 1 aromatic carbocycles. The van der Waals surface area contributed by atoms with Gasteiger partial charge in [-0.25, -0.2) is 9.78 Å². The highest BCUT2D eigenvalue weighted by molar-refractivity contribution is 9.10. The van der Waals surface area contributed by atoms with Gasteiger partial charge in [0.05, 0.1) is 12.3 Å². The van der Waals surface area contributed by atoms with E-state index in [1.165, 1.54) is 6.08 Å².